The van der Waals surface area contributed by atoms with Gasteiger partial charge in [-0.3, -0.25) is 10.1 Å². The van der Waals surface area contributed by atoms with E-state index in [2.05, 4.69) is 29.1 Å². The molecular formula is C11H15ClN4O2. The lowest BCUT2D eigenvalue weighted by atomic mass is 9.87. The zero-order valence-corrected chi connectivity index (χ0v) is 11.1. The van der Waals surface area contributed by atoms with Gasteiger partial charge in [-0.2, -0.15) is 0 Å². The molecule has 2 rings (SSSR count). The number of hydrogen-bond donors (Lipinski definition) is 1. The van der Waals surface area contributed by atoms with Crippen LogP contribution >= 0.6 is 11.6 Å². The van der Waals surface area contributed by atoms with Crippen molar-refractivity contribution in [2.24, 2.45) is 5.41 Å². The molecule has 18 heavy (non-hydrogen) atoms. The number of aromatic nitrogens is 2. The fourth-order valence-electron chi connectivity index (χ4n) is 2.38. The van der Waals surface area contributed by atoms with Crippen LogP contribution in [-0.2, 0) is 0 Å². The predicted molar refractivity (Wildman–Crippen MR) is 68.7 cm³/mol. The molecule has 1 heterocycles. The highest BCUT2D eigenvalue weighted by Gasteiger charge is 2.36. The van der Waals surface area contributed by atoms with Gasteiger partial charge in [0.2, 0.25) is 11.0 Å². The van der Waals surface area contributed by atoms with Crippen LogP contribution in [-0.4, -0.2) is 20.9 Å². The zero-order chi connectivity index (χ0) is 13.3. The van der Waals surface area contributed by atoms with Gasteiger partial charge in [-0.05, 0) is 18.3 Å². The second-order valence-electron chi connectivity index (χ2n) is 5.20. The highest BCUT2D eigenvalue weighted by Crippen LogP contribution is 2.40. The average Bonchev–Trinajstić information content (AvgIpc) is 2.58. The van der Waals surface area contributed by atoms with Crippen molar-refractivity contribution in [1.82, 2.24) is 9.97 Å². The van der Waals surface area contributed by atoms with Crippen LogP contribution in [0.2, 0.25) is 5.15 Å². The Morgan fingerprint density at radius 1 is 1.56 bits per heavy atom. The van der Waals surface area contributed by atoms with Gasteiger partial charge in [0.05, 0.1) is 4.92 Å². The van der Waals surface area contributed by atoms with E-state index in [1.165, 1.54) is 6.33 Å². The molecule has 98 valence electrons. The van der Waals surface area contributed by atoms with Crippen molar-refractivity contribution >= 4 is 23.1 Å². The number of rotatable bonds is 3. The van der Waals surface area contributed by atoms with Crippen LogP contribution in [0.3, 0.4) is 0 Å². The molecule has 1 unspecified atom stereocenters. The number of anilines is 1. The molecule has 0 spiro atoms. The molecule has 1 aliphatic carbocycles. The minimum absolute atomic E-state index is 0.102. The summed E-state index contributed by atoms with van der Waals surface area (Å²) in [5.74, 6) is 0.208. The third-order valence-electron chi connectivity index (χ3n) is 3.53. The third kappa shape index (κ3) is 2.38. The van der Waals surface area contributed by atoms with Crippen molar-refractivity contribution in [3.05, 3.63) is 21.6 Å². The van der Waals surface area contributed by atoms with E-state index < -0.39 is 4.92 Å². The van der Waals surface area contributed by atoms with Crippen molar-refractivity contribution in [1.29, 1.82) is 0 Å². The van der Waals surface area contributed by atoms with Gasteiger partial charge in [0.25, 0.3) is 0 Å². The second-order valence-corrected chi connectivity index (χ2v) is 5.55. The van der Waals surface area contributed by atoms with E-state index in [4.69, 9.17) is 11.6 Å². The number of nitrogens with zero attached hydrogens (tertiary/aromatic N) is 3. The van der Waals surface area contributed by atoms with Crippen molar-refractivity contribution in [2.45, 2.75) is 39.2 Å². The summed E-state index contributed by atoms with van der Waals surface area (Å²) in [6.07, 6.45) is 4.42. The third-order valence-corrected chi connectivity index (χ3v) is 3.80. The quantitative estimate of drug-likeness (QED) is 0.519. The minimum Gasteiger partial charge on any atom is -0.361 e. The maximum absolute atomic E-state index is 11.0. The van der Waals surface area contributed by atoms with Gasteiger partial charge in [-0.15, -0.1) is 0 Å². The topological polar surface area (TPSA) is 81.0 Å². The van der Waals surface area contributed by atoms with Crippen LogP contribution in [0, 0.1) is 15.5 Å². The molecule has 0 aromatic carbocycles. The van der Waals surface area contributed by atoms with Gasteiger partial charge < -0.3 is 5.32 Å². The van der Waals surface area contributed by atoms with Gasteiger partial charge in [0.1, 0.15) is 6.33 Å². The Kier molecular flexibility index (Phi) is 3.38. The molecule has 7 heteroatoms. The molecular weight excluding hydrogens is 256 g/mol. The Balaban J connectivity index is 2.29. The van der Waals surface area contributed by atoms with Gasteiger partial charge in [-0.25, -0.2) is 9.97 Å². The molecule has 1 aromatic heterocycles. The molecule has 6 nitrogen and oxygen atoms in total. The molecule has 0 radical (unpaired) electrons. The highest BCUT2D eigenvalue weighted by atomic mass is 35.5. The maximum atomic E-state index is 11.0. The highest BCUT2D eigenvalue weighted by molar-refractivity contribution is 6.31. The lowest BCUT2D eigenvalue weighted by molar-refractivity contribution is -0.384. The van der Waals surface area contributed by atoms with Crippen LogP contribution in [0.5, 0.6) is 0 Å². The van der Waals surface area contributed by atoms with Crippen LogP contribution in [0.15, 0.2) is 6.33 Å². The van der Waals surface area contributed by atoms with Crippen LogP contribution in [0.4, 0.5) is 11.5 Å². The molecule has 0 amide bonds. The lowest BCUT2D eigenvalue weighted by Crippen LogP contribution is -2.31. The van der Waals surface area contributed by atoms with Crippen LogP contribution < -0.4 is 5.32 Å². The Morgan fingerprint density at radius 3 is 2.83 bits per heavy atom. The summed E-state index contributed by atoms with van der Waals surface area (Å²) in [5.41, 5.74) is -0.146. The van der Waals surface area contributed by atoms with Crippen LogP contribution in [0.1, 0.15) is 33.1 Å². The Hall–Kier alpha value is -1.43. The Bertz CT molecular complexity index is 478. The Morgan fingerprint density at radius 2 is 2.28 bits per heavy atom. The first-order valence-electron chi connectivity index (χ1n) is 5.83. The molecule has 0 aliphatic heterocycles. The summed E-state index contributed by atoms with van der Waals surface area (Å²) in [6.45, 7) is 4.29. The van der Waals surface area contributed by atoms with Gasteiger partial charge in [0, 0.05) is 6.04 Å². The number of nitrogens with one attached hydrogen (secondary N) is 1. The monoisotopic (exact) mass is 270 g/mol. The summed E-state index contributed by atoms with van der Waals surface area (Å²) in [5, 5.41) is 14.0. The van der Waals surface area contributed by atoms with E-state index in [1.807, 2.05) is 0 Å². The standard InChI is InChI=1S/C11H15ClN4O2/c1-11(2)5-3-4-7(11)15-10-8(16(17)18)9(12)13-6-14-10/h6-7H,3-5H2,1-2H3,(H,13,14,15). The van der Waals surface area contributed by atoms with Gasteiger partial charge >= 0.3 is 5.69 Å². The zero-order valence-electron chi connectivity index (χ0n) is 10.3. The van der Waals surface area contributed by atoms with Crippen molar-refractivity contribution in [3.8, 4) is 0 Å². The summed E-state index contributed by atoms with van der Waals surface area (Å²) < 4.78 is 0. The SMILES string of the molecule is CC1(C)CCCC1Nc1ncnc(Cl)c1[N+](=O)[O-]. The fourth-order valence-corrected chi connectivity index (χ4v) is 2.59. The minimum atomic E-state index is -0.549. The molecule has 1 saturated carbocycles. The average molecular weight is 271 g/mol. The number of halogens is 1. The molecule has 0 bridgehead atoms. The first-order chi connectivity index (χ1) is 8.42. The molecule has 1 N–H and O–H groups in total. The molecule has 1 aliphatic rings. The smallest absolute Gasteiger partial charge is 0.348 e. The van der Waals surface area contributed by atoms with Gasteiger partial charge in [-0.1, -0.05) is 31.9 Å². The van der Waals surface area contributed by atoms with E-state index in [9.17, 15) is 10.1 Å². The van der Waals surface area contributed by atoms with E-state index >= 15 is 0 Å². The maximum Gasteiger partial charge on any atom is 0.348 e. The van der Waals surface area contributed by atoms with Gasteiger partial charge in [0.15, 0.2) is 0 Å². The van der Waals surface area contributed by atoms with Crippen molar-refractivity contribution in [2.75, 3.05) is 5.32 Å². The van der Waals surface area contributed by atoms with E-state index in [0.717, 1.165) is 19.3 Å². The first-order valence-corrected chi connectivity index (χ1v) is 6.21. The molecule has 0 saturated heterocycles. The summed E-state index contributed by atoms with van der Waals surface area (Å²) >= 11 is 5.75. The van der Waals surface area contributed by atoms with Crippen molar-refractivity contribution < 1.29 is 4.92 Å². The van der Waals surface area contributed by atoms with E-state index in [-0.39, 0.29) is 28.1 Å². The number of hydrogen-bond acceptors (Lipinski definition) is 5. The summed E-state index contributed by atoms with van der Waals surface area (Å²) in [4.78, 5) is 18.0. The molecule has 1 aromatic rings. The van der Waals surface area contributed by atoms with Crippen molar-refractivity contribution in [3.63, 3.8) is 0 Å². The fraction of sp³-hybridized carbons (Fsp3) is 0.636. The van der Waals surface area contributed by atoms with E-state index in [0.29, 0.717) is 0 Å². The Labute approximate surface area is 110 Å². The predicted octanol–water partition coefficient (Wildman–Crippen LogP) is 3.03. The summed E-state index contributed by atoms with van der Waals surface area (Å²) in [6, 6.07) is 0.169. The summed E-state index contributed by atoms with van der Waals surface area (Å²) in [7, 11) is 0. The van der Waals surface area contributed by atoms with Crippen LogP contribution in [0.25, 0.3) is 0 Å². The second kappa shape index (κ2) is 4.68. The normalized spacial score (nSPS) is 21.8. The molecule has 1 fully saturated rings. The van der Waals surface area contributed by atoms with E-state index in [1.54, 1.807) is 0 Å². The lowest BCUT2D eigenvalue weighted by Gasteiger charge is -2.27. The first kappa shape index (κ1) is 13.0. The largest absolute Gasteiger partial charge is 0.361 e. The molecule has 1 atom stereocenters. The number of nitro groups is 1.